The molecule has 0 saturated heterocycles. The second-order valence-corrected chi connectivity index (χ2v) is 5.91. The molecule has 126 valence electrons. The van der Waals surface area contributed by atoms with E-state index in [4.69, 9.17) is 4.74 Å². The SMILES string of the molecule is Cc1ccc(/C=N\NC(=O)[C@@H](C)Oc2ccc3ccccc3c2)cc1. The number of carbonyl (C=O) groups excluding carboxylic acids is 1. The quantitative estimate of drug-likeness (QED) is 0.566. The van der Waals surface area contributed by atoms with Gasteiger partial charge in [0.15, 0.2) is 6.10 Å². The number of aryl methyl sites for hydroxylation is 1. The summed E-state index contributed by atoms with van der Waals surface area (Å²) in [5, 5.41) is 6.19. The van der Waals surface area contributed by atoms with Crippen molar-refractivity contribution in [2.45, 2.75) is 20.0 Å². The van der Waals surface area contributed by atoms with Gasteiger partial charge in [0, 0.05) is 0 Å². The summed E-state index contributed by atoms with van der Waals surface area (Å²) in [7, 11) is 0. The standard InChI is InChI=1S/C21H20N2O2/c1-15-7-9-17(10-8-15)14-22-23-21(24)16(2)25-20-12-11-18-5-3-4-6-19(18)13-20/h3-14,16H,1-2H3,(H,23,24)/b22-14-/t16-/m1/s1. The van der Waals surface area contributed by atoms with Crippen LogP contribution in [0.4, 0.5) is 0 Å². The Morgan fingerprint density at radius 3 is 2.52 bits per heavy atom. The maximum Gasteiger partial charge on any atom is 0.280 e. The number of nitrogens with one attached hydrogen (secondary N) is 1. The predicted molar refractivity (Wildman–Crippen MR) is 101 cm³/mol. The fourth-order valence-electron chi connectivity index (χ4n) is 2.41. The van der Waals surface area contributed by atoms with E-state index in [0.717, 1.165) is 16.3 Å². The Kier molecular flexibility index (Phi) is 5.09. The summed E-state index contributed by atoms with van der Waals surface area (Å²) in [5.41, 5.74) is 4.61. The van der Waals surface area contributed by atoms with Crippen molar-refractivity contribution in [3.63, 3.8) is 0 Å². The van der Waals surface area contributed by atoms with E-state index in [1.54, 1.807) is 13.1 Å². The largest absolute Gasteiger partial charge is 0.481 e. The highest BCUT2D eigenvalue weighted by Crippen LogP contribution is 2.21. The van der Waals surface area contributed by atoms with Crippen molar-refractivity contribution in [2.24, 2.45) is 5.10 Å². The van der Waals surface area contributed by atoms with Crippen LogP contribution in [0.5, 0.6) is 5.75 Å². The predicted octanol–water partition coefficient (Wildman–Crippen LogP) is 4.07. The molecule has 0 saturated carbocycles. The van der Waals surface area contributed by atoms with Crippen LogP contribution in [0.3, 0.4) is 0 Å². The Labute approximate surface area is 147 Å². The summed E-state index contributed by atoms with van der Waals surface area (Å²) in [5.74, 6) is 0.361. The summed E-state index contributed by atoms with van der Waals surface area (Å²) in [6.07, 6.45) is 0.969. The Bertz CT molecular complexity index is 901. The molecule has 0 aliphatic rings. The molecular weight excluding hydrogens is 312 g/mol. The van der Waals surface area contributed by atoms with Crippen molar-refractivity contribution in [3.8, 4) is 5.75 Å². The average molecular weight is 332 g/mol. The zero-order valence-electron chi connectivity index (χ0n) is 14.3. The third-order valence-corrected chi connectivity index (χ3v) is 3.87. The van der Waals surface area contributed by atoms with E-state index in [-0.39, 0.29) is 5.91 Å². The molecule has 1 atom stereocenters. The molecule has 0 radical (unpaired) electrons. The molecule has 0 heterocycles. The van der Waals surface area contributed by atoms with Crippen LogP contribution in [0.2, 0.25) is 0 Å². The number of amides is 1. The second kappa shape index (κ2) is 7.62. The number of fused-ring (bicyclic) bond motifs is 1. The molecule has 3 rings (SSSR count). The van der Waals surface area contributed by atoms with Crippen LogP contribution in [-0.4, -0.2) is 18.2 Å². The fourth-order valence-corrected chi connectivity index (χ4v) is 2.41. The lowest BCUT2D eigenvalue weighted by molar-refractivity contribution is -0.127. The minimum atomic E-state index is -0.642. The smallest absolute Gasteiger partial charge is 0.280 e. The van der Waals surface area contributed by atoms with Gasteiger partial charge in [-0.15, -0.1) is 0 Å². The number of hydrogen-bond acceptors (Lipinski definition) is 3. The number of nitrogens with zero attached hydrogens (tertiary/aromatic N) is 1. The van der Waals surface area contributed by atoms with Crippen molar-refractivity contribution in [3.05, 3.63) is 77.9 Å². The molecule has 4 nitrogen and oxygen atoms in total. The highest BCUT2D eigenvalue weighted by atomic mass is 16.5. The first-order chi connectivity index (χ1) is 12.1. The van der Waals surface area contributed by atoms with Crippen LogP contribution < -0.4 is 10.2 Å². The number of benzene rings is 3. The van der Waals surface area contributed by atoms with Crippen molar-refractivity contribution in [2.75, 3.05) is 0 Å². The van der Waals surface area contributed by atoms with Crippen LogP contribution in [0, 0.1) is 6.92 Å². The molecule has 3 aromatic rings. The summed E-state index contributed by atoms with van der Waals surface area (Å²) >= 11 is 0. The molecule has 0 unspecified atom stereocenters. The fraction of sp³-hybridized carbons (Fsp3) is 0.143. The highest BCUT2D eigenvalue weighted by Gasteiger charge is 2.14. The van der Waals surface area contributed by atoms with Crippen LogP contribution in [0.1, 0.15) is 18.1 Å². The number of rotatable bonds is 5. The van der Waals surface area contributed by atoms with E-state index in [2.05, 4.69) is 10.5 Å². The Balaban J connectivity index is 1.58. The van der Waals surface area contributed by atoms with Crippen molar-refractivity contribution < 1.29 is 9.53 Å². The monoisotopic (exact) mass is 332 g/mol. The average Bonchev–Trinajstić information content (AvgIpc) is 2.63. The first kappa shape index (κ1) is 16.7. The molecule has 25 heavy (non-hydrogen) atoms. The maximum atomic E-state index is 12.1. The van der Waals surface area contributed by atoms with Crippen LogP contribution in [0.25, 0.3) is 10.8 Å². The molecular formula is C21H20N2O2. The third kappa shape index (κ3) is 4.44. The van der Waals surface area contributed by atoms with E-state index in [9.17, 15) is 4.79 Å². The molecule has 1 N–H and O–H groups in total. The molecule has 0 aromatic heterocycles. The molecule has 4 heteroatoms. The van der Waals surface area contributed by atoms with Gasteiger partial charge in [-0.25, -0.2) is 5.43 Å². The zero-order chi connectivity index (χ0) is 17.6. The van der Waals surface area contributed by atoms with E-state index in [0.29, 0.717) is 5.75 Å². The lowest BCUT2D eigenvalue weighted by Gasteiger charge is -2.13. The van der Waals surface area contributed by atoms with Crippen molar-refractivity contribution in [1.29, 1.82) is 0 Å². The molecule has 0 bridgehead atoms. The van der Waals surface area contributed by atoms with E-state index >= 15 is 0 Å². The third-order valence-electron chi connectivity index (χ3n) is 3.87. The summed E-state index contributed by atoms with van der Waals surface area (Å²) in [6, 6.07) is 21.7. The van der Waals surface area contributed by atoms with Gasteiger partial charge in [-0.1, -0.05) is 60.2 Å². The van der Waals surface area contributed by atoms with Crippen LogP contribution in [0.15, 0.2) is 71.8 Å². The zero-order valence-corrected chi connectivity index (χ0v) is 14.3. The van der Waals surface area contributed by atoms with E-state index < -0.39 is 6.10 Å². The molecule has 0 fully saturated rings. The number of hydrogen-bond donors (Lipinski definition) is 1. The summed E-state index contributed by atoms with van der Waals surface area (Å²) in [4.78, 5) is 12.1. The maximum absolute atomic E-state index is 12.1. The molecule has 0 aliphatic carbocycles. The minimum Gasteiger partial charge on any atom is -0.481 e. The number of ether oxygens (including phenoxy) is 1. The van der Waals surface area contributed by atoms with Crippen molar-refractivity contribution in [1.82, 2.24) is 5.43 Å². The summed E-state index contributed by atoms with van der Waals surface area (Å²) < 4.78 is 5.72. The van der Waals surface area contributed by atoms with Gasteiger partial charge >= 0.3 is 0 Å². The number of hydrazone groups is 1. The second-order valence-electron chi connectivity index (χ2n) is 5.91. The van der Waals surface area contributed by atoms with Gasteiger partial charge in [0.05, 0.1) is 6.21 Å². The normalized spacial score (nSPS) is 12.2. The molecule has 3 aromatic carbocycles. The van der Waals surface area contributed by atoms with Gasteiger partial charge in [0.1, 0.15) is 5.75 Å². The van der Waals surface area contributed by atoms with Crippen LogP contribution >= 0.6 is 0 Å². The lowest BCUT2D eigenvalue weighted by atomic mass is 10.1. The van der Waals surface area contributed by atoms with Gasteiger partial charge < -0.3 is 4.74 Å². The first-order valence-corrected chi connectivity index (χ1v) is 8.17. The van der Waals surface area contributed by atoms with E-state index in [1.165, 1.54) is 5.56 Å². The van der Waals surface area contributed by atoms with Crippen LogP contribution in [-0.2, 0) is 4.79 Å². The Morgan fingerprint density at radius 1 is 1.04 bits per heavy atom. The molecule has 0 spiro atoms. The van der Waals surface area contributed by atoms with Crippen molar-refractivity contribution >= 4 is 22.9 Å². The summed E-state index contributed by atoms with van der Waals surface area (Å²) in [6.45, 7) is 3.72. The Morgan fingerprint density at radius 2 is 1.76 bits per heavy atom. The van der Waals surface area contributed by atoms with E-state index in [1.807, 2.05) is 73.7 Å². The van der Waals surface area contributed by atoms with Gasteiger partial charge in [-0.3, -0.25) is 4.79 Å². The first-order valence-electron chi connectivity index (χ1n) is 8.17. The molecule has 1 amide bonds. The van der Waals surface area contributed by atoms with Gasteiger partial charge in [0.25, 0.3) is 5.91 Å². The van der Waals surface area contributed by atoms with Gasteiger partial charge in [0.2, 0.25) is 0 Å². The Hall–Kier alpha value is -3.14. The minimum absolute atomic E-state index is 0.295. The van der Waals surface area contributed by atoms with Gasteiger partial charge in [-0.05, 0) is 42.3 Å². The number of carbonyl (C=O) groups is 1. The lowest BCUT2D eigenvalue weighted by Crippen LogP contribution is -2.33. The highest BCUT2D eigenvalue weighted by molar-refractivity contribution is 5.85. The molecule has 0 aliphatic heterocycles. The van der Waals surface area contributed by atoms with Gasteiger partial charge in [-0.2, -0.15) is 5.10 Å². The topological polar surface area (TPSA) is 50.7 Å².